The van der Waals surface area contributed by atoms with Crippen molar-refractivity contribution in [2.45, 2.75) is 18.9 Å². The van der Waals surface area contributed by atoms with E-state index in [9.17, 15) is 4.79 Å². The Morgan fingerprint density at radius 2 is 2.18 bits per heavy atom. The number of carbonyl (C=O) groups excluding carboxylic acids is 1. The van der Waals surface area contributed by atoms with E-state index in [1.54, 1.807) is 24.3 Å². The number of para-hydroxylation sites is 1. The summed E-state index contributed by atoms with van der Waals surface area (Å²) in [5.74, 6) is 2.93. The van der Waals surface area contributed by atoms with E-state index < -0.39 is 12.1 Å². The van der Waals surface area contributed by atoms with Gasteiger partial charge in [0.2, 0.25) is 0 Å². The Labute approximate surface area is 101 Å². The Morgan fingerprint density at radius 1 is 1.47 bits per heavy atom. The third kappa shape index (κ3) is 2.59. The van der Waals surface area contributed by atoms with Crippen LogP contribution in [0.5, 0.6) is 5.75 Å². The van der Waals surface area contributed by atoms with Crippen molar-refractivity contribution >= 4 is 5.97 Å². The Kier molecular flexibility index (Phi) is 3.34. The predicted octanol–water partition coefficient (Wildman–Crippen LogP) is 2.26. The average Bonchev–Trinajstić information content (AvgIpc) is 3.19. The molecular weight excluding hydrogens is 216 g/mol. The largest absolute Gasteiger partial charge is 0.496 e. The highest BCUT2D eigenvalue weighted by atomic mass is 16.5. The SMILES string of the molecule is C#CC(OC(=O)c1ccccc1OC)C1CC1. The molecule has 0 heterocycles. The van der Waals surface area contributed by atoms with Crippen molar-refractivity contribution in [3.05, 3.63) is 29.8 Å². The molecule has 3 nitrogen and oxygen atoms in total. The lowest BCUT2D eigenvalue weighted by Crippen LogP contribution is -2.19. The summed E-state index contributed by atoms with van der Waals surface area (Å²) in [5, 5.41) is 0. The van der Waals surface area contributed by atoms with Crippen LogP contribution in [0.25, 0.3) is 0 Å². The zero-order chi connectivity index (χ0) is 12.3. The number of terminal acetylenes is 1. The number of benzene rings is 1. The van der Waals surface area contributed by atoms with Gasteiger partial charge in [-0.15, -0.1) is 6.42 Å². The van der Waals surface area contributed by atoms with Gasteiger partial charge >= 0.3 is 5.97 Å². The van der Waals surface area contributed by atoms with Crippen LogP contribution in [0.3, 0.4) is 0 Å². The normalized spacial score (nSPS) is 15.8. The first-order chi connectivity index (χ1) is 8.26. The first kappa shape index (κ1) is 11.5. The fraction of sp³-hybridized carbons (Fsp3) is 0.357. The molecule has 1 fully saturated rings. The number of carbonyl (C=O) groups is 1. The van der Waals surface area contributed by atoms with Crippen LogP contribution in [0.4, 0.5) is 0 Å². The lowest BCUT2D eigenvalue weighted by molar-refractivity contribution is 0.0370. The third-order valence-electron chi connectivity index (χ3n) is 2.78. The van der Waals surface area contributed by atoms with E-state index >= 15 is 0 Å². The van der Waals surface area contributed by atoms with Crippen LogP contribution >= 0.6 is 0 Å². The Bertz CT molecular complexity index is 455. The molecule has 0 N–H and O–H groups in total. The molecule has 0 radical (unpaired) electrons. The maximum atomic E-state index is 11.9. The molecule has 0 aliphatic heterocycles. The van der Waals surface area contributed by atoms with Crippen LogP contribution in [0.2, 0.25) is 0 Å². The minimum absolute atomic E-state index is 0.332. The van der Waals surface area contributed by atoms with Gasteiger partial charge in [-0.05, 0) is 25.0 Å². The number of rotatable bonds is 4. The second-order valence-electron chi connectivity index (χ2n) is 4.03. The van der Waals surface area contributed by atoms with Crippen molar-refractivity contribution in [3.8, 4) is 18.1 Å². The predicted molar refractivity (Wildman–Crippen MR) is 63.8 cm³/mol. The summed E-state index contributed by atoms with van der Waals surface area (Å²) in [7, 11) is 1.52. The van der Waals surface area contributed by atoms with E-state index in [1.165, 1.54) is 7.11 Å². The van der Waals surface area contributed by atoms with E-state index in [0.29, 0.717) is 17.2 Å². The second-order valence-corrected chi connectivity index (χ2v) is 4.03. The summed E-state index contributed by atoms with van der Waals surface area (Å²) in [6.07, 6.45) is 7.01. The summed E-state index contributed by atoms with van der Waals surface area (Å²) in [6, 6.07) is 6.95. The minimum atomic E-state index is -0.419. The number of hydrogen-bond donors (Lipinski definition) is 0. The highest BCUT2D eigenvalue weighted by Gasteiger charge is 2.33. The molecule has 3 heteroatoms. The first-order valence-electron chi connectivity index (χ1n) is 5.56. The number of ether oxygens (including phenoxy) is 2. The maximum Gasteiger partial charge on any atom is 0.343 e. The fourth-order valence-corrected chi connectivity index (χ4v) is 1.66. The van der Waals surface area contributed by atoms with E-state index in [0.717, 1.165) is 12.8 Å². The number of esters is 1. The van der Waals surface area contributed by atoms with Gasteiger partial charge in [0.15, 0.2) is 6.10 Å². The van der Waals surface area contributed by atoms with E-state index in [-0.39, 0.29) is 0 Å². The third-order valence-corrected chi connectivity index (χ3v) is 2.78. The van der Waals surface area contributed by atoms with Gasteiger partial charge in [-0.25, -0.2) is 4.79 Å². The van der Waals surface area contributed by atoms with E-state index in [2.05, 4.69) is 5.92 Å². The van der Waals surface area contributed by atoms with Crippen LogP contribution in [-0.4, -0.2) is 19.2 Å². The quantitative estimate of drug-likeness (QED) is 0.588. The first-order valence-corrected chi connectivity index (χ1v) is 5.56. The van der Waals surface area contributed by atoms with Crippen LogP contribution < -0.4 is 4.74 Å². The van der Waals surface area contributed by atoms with E-state index in [1.807, 2.05) is 0 Å². The van der Waals surface area contributed by atoms with Gasteiger partial charge in [0.1, 0.15) is 11.3 Å². The zero-order valence-electron chi connectivity index (χ0n) is 9.68. The molecule has 0 saturated heterocycles. The maximum absolute atomic E-state index is 11.9. The molecule has 1 aliphatic rings. The summed E-state index contributed by atoms with van der Waals surface area (Å²) in [5.41, 5.74) is 0.413. The van der Waals surface area contributed by atoms with Gasteiger partial charge < -0.3 is 9.47 Å². The van der Waals surface area contributed by atoms with Crippen molar-refractivity contribution in [1.82, 2.24) is 0 Å². The summed E-state index contributed by atoms with van der Waals surface area (Å²) in [4.78, 5) is 11.9. The zero-order valence-corrected chi connectivity index (χ0v) is 9.68. The van der Waals surface area contributed by atoms with Gasteiger partial charge in [-0.3, -0.25) is 0 Å². The molecule has 0 spiro atoms. The van der Waals surface area contributed by atoms with Crippen LogP contribution in [0.1, 0.15) is 23.2 Å². The molecule has 1 aliphatic carbocycles. The topological polar surface area (TPSA) is 35.5 Å². The average molecular weight is 230 g/mol. The lowest BCUT2D eigenvalue weighted by Gasteiger charge is -2.12. The molecule has 0 amide bonds. The molecule has 17 heavy (non-hydrogen) atoms. The molecular formula is C14H14O3. The van der Waals surface area contributed by atoms with Gasteiger partial charge in [-0.2, -0.15) is 0 Å². The number of methoxy groups -OCH3 is 1. The smallest absolute Gasteiger partial charge is 0.343 e. The molecule has 1 saturated carbocycles. The summed E-state index contributed by atoms with van der Waals surface area (Å²) in [6.45, 7) is 0. The summed E-state index contributed by atoms with van der Waals surface area (Å²) >= 11 is 0. The molecule has 1 unspecified atom stereocenters. The molecule has 1 aromatic carbocycles. The lowest BCUT2D eigenvalue weighted by atomic mass is 10.2. The van der Waals surface area contributed by atoms with Crippen molar-refractivity contribution < 1.29 is 14.3 Å². The van der Waals surface area contributed by atoms with Crippen molar-refractivity contribution in [2.75, 3.05) is 7.11 Å². The second kappa shape index (κ2) is 4.92. The molecule has 0 aromatic heterocycles. The van der Waals surface area contributed by atoms with Crippen molar-refractivity contribution in [2.24, 2.45) is 5.92 Å². The van der Waals surface area contributed by atoms with Gasteiger partial charge in [0.25, 0.3) is 0 Å². The summed E-state index contributed by atoms with van der Waals surface area (Å²) < 4.78 is 10.4. The van der Waals surface area contributed by atoms with Gasteiger partial charge in [0, 0.05) is 5.92 Å². The molecule has 2 rings (SSSR count). The van der Waals surface area contributed by atoms with Gasteiger partial charge in [-0.1, -0.05) is 18.1 Å². The van der Waals surface area contributed by atoms with Crippen molar-refractivity contribution in [1.29, 1.82) is 0 Å². The monoisotopic (exact) mass is 230 g/mol. The van der Waals surface area contributed by atoms with Crippen molar-refractivity contribution in [3.63, 3.8) is 0 Å². The van der Waals surface area contributed by atoms with Crippen LogP contribution in [0, 0.1) is 18.3 Å². The highest BCUT2D eigenvalue weighted by Crippen LogP contribution is 2.34. The Morgan fingerprint density at radius 3 is 2.76 bits per heavy atom. The van der Waals surface area contributed by atoms with E-state index in [4.69, 9.17) is 15.9 Å². The molecule has 1 aromatic rings. The van der Waals surface area contributed by atoms with Crippen LogP contribution in [-0.2, 0) is 4.74 Å². The van der Waals surface area contributed by atoms with Crippen LogP contribution in [0.15, 0.2) is 24.3 Å². The minimum Gasteiger partial charge on any atom is -0.496 e. The molecule has 88 valence electrons. The fourth-order valence-electron chi connectivity index (χ4n) is 1.66. The number of hydrogen-bond acceptors (Lipinski definition) is 3. The Hall–Kier alpha value is -1.95. The highest BCUT2D eigenvalue weighted by molar-refractivity contribution is 5.92. The molecule has 0 bridgehead atoms. The van der Waals surface area contributed by atoms with Gasteiger partial charge in [0.05, 0.1) is 7.11 Å². The standard InChI is InChI=1S/C14H14O3/c1-3-12(10-8-9-10)17-14(15)11-6-4-5-7-13(11)16-2/h1,4-7,10,12H,8-9H2,2H3. The Balaban J connectivity index is 2.11. The molecule has 1 atom stereocenters.